The van der Waals surface area contributed by atoms with Crippen molar-refractivity contribution in [3.05, 3.63) is 52.5 Å². The molecule has 1 fully saturated rings. The average molecular weight is 396 g/mol. The van der Waals surface area contributed by atoms with Crippen molar-refractivity contribution in [1.29, 1.82) is 5.26 Å². The smallest absolute Gasteiger partial charge is 0.206 e. The summed E-state index contributed by atoms with van der Waals surface area (Å²) in [6, 6.07) is 16.3. The van der Waals surface area contributed by atoms with Gasteiger partial charge >= 0.3 is 0 Å². The number of piperazine rings is 1. The molecule has 1 aromatic heterocycles. The first-order valence-electron chi connectivity index (χ1n) is 8.28. The lowest BCUT2D eigenvalue weighted by Crippen LogP contribution is -2.47. The van der Waals surface area contributed by atoms with Crippen molar-refractivity contribution < 1.29 is 0 Å². The van der Waals surface area contributed by atoms with Crippen molar-refractivity contribution in [2.45, 2.75) is 0 Å². The van der Waals surface area contributed by atoms with Crippen LogP contribution in [0.15, 0.2) is 46.9 Å². The molecule has 2 heterocycles. The minimum absolute atomic E-state index is 0.669. The van der Waals surface area contributed by atoms with Crippen LogP contribution in [0.25, 0.3) is 11.0 Å². The number of nitriles is 1. The molecule has 0 atom stereocenters. The van der Waals surface area contributed by atoms with E-state index in [1.807, 2.05) is 25.2 Å². The van der Waals surface area contributed by atoms with Crippen LogP contribution in [0.5, 0.6) is 0 Å². The summed E-state index contributed by atoms with van der Waals surface area (Å²) in [5.41, 5.74) is 3.87. The molecule has 6 heteroatoms. The predicted octanol–water partition coefficient (Wildman–Crippen LogP) is 3.53. The summed E-state index contributed by atoms with van der Waals surface area (Å²) in [5, 5.41) is 9.10. The maximum Gasteiger partial charge on any atom is 0.206 e. The zero-order valence-corrected chi connectivity index (χ0v) is 15.6. The van der Waals surface area contributed by atoms with Gasteiger partial charge in [-0.25, -0.2) is 4.98 Å². The van der Waals surface area contributed by atoms with Gasteiger partial charge in [-0.15, -0.1) is 0 Å². The maximum atomic E-state index is 9.10. The molecular weight excluding hydrogens is 378 g/mol. The highest BCUT2D eigenvalue weighted by Crippen LogP contribution is 2.25. The van der Waals surface area contributed by atoms with Gasteiger partial charge in [-0.3, -0.25) is 0 Å². The Kier molecular flexibility index (Phi) is 4.10. The number of anilines is 2. The van der Waals surface area contributed by atoms with Crippen LogP contribution in [0.4, 0.5) is 11.6 Å². The summed E-state index contributed by atoms with van der Waals surface area (Å²) in [6.45, 7) is 3.79. The number of benzene rings is 2. The van der Waals surface area contributed by atoms with Gasteiger partial charge in [0.15, 0.2) is 0 Å². The second-order valence-corrected chi connectivity index (χ2v) is 7.15. The minimum Gasteiger partial charge on any atom is -0.368 e. The molecule has 4 rings (SSSR count). The molecule has 0 aliphatic carbocycles. The molecule has 25 heavy (non-hydrogen) atoms. The molecule has 0 bridgehead atoms. The normalized spacial score (nSPS) is 14.8. The number of halogens is 1. The molecular formula is C19H18BrN5. The van der Waals surface area contributed by atoms with Crippen molar-refractivity contribution in [3.63, 3.8) is 0 Å². The third-order valence-electron chi connectivity index (χ3n) is 4.74. The minimum atomic E-state index is 0.669. The van der Waals surface area contributed by atoms with E-state index in [0.717, 1.165) is 47.6 Å². The molecule has 0 radical (unpaired) electrons. The van der Waals surface area contributed by atoms with Gasteiger partial charge in [-0.05, 0) is 42.5 Å². The summed E-state index contributed by atoms with van der Waals surface area (Å²) in [5.74, 6) is 0.973. The van der Waals surface area contributed by atoms with Gasteiger partial charge in [-0.2, -0.15) is 5.26 Å². The fraction of sp³-hybridized carbons (Fsp3) is 0.263. The first kappa shape index (κ1) is 16.0. The largest absolute Gasteiger partial charge is 0.368 e. The lowest BCUT2D eigenvalue weighted by Gasteiger charge is -2.36. The van der Waals surface area contributed by atoms with Crippen LogP contribution in [-0.2, 0) is 7.05 Å². The molecule has 1 aliphatic heterocycles. The highest BCUT2D eigenvalue weighted by molar-refractivity contribution is 9.10. The molecule has 0 amide bonds. The highest BCUT2D eigenvalue weighted by atomic mass is 79.9. The fourth-order valence-electron chi connectivity index (χ4n) is 3.35. The van der Waals surface area contributed by atoms with Crippen molar-refractivity contribution in [2.75, 3.05) is 36.0 Å². The second kappa shape index (κ2) is 6.41. The average Bonchev–Trinajstić information content (AvgIpc) is 2.98. The van der Waals surface area contributed by atoms with Crippen LogP contribution in [0.1, 0.15) is 5.56 Å². The Labute approximate surface area is 155 Å². The molecule has 2 aromatic carbocycles. The van der Waals surface area contributed by atoms with E-state index in [1.54, 1.807) is 0 Å². The summed E-state index contributed by atoms with van der Waals surface area (Å²) in [7, 11) is 2.02. The first-order chi connectivity index (χ1) is 12.2. The number of imidazole rings is 1. The topological polar surface area (TPSA) is 48.1 Å². The molecule has 1 saturated heterocycles. The van der Waals surface area contributed by atoms with E-state index in [-0.39, 0.29) is 0 Å². The lowest BCUT2D eigenvalue weighted by molar-refractivity contribution is 0.632. The van der Waals surface area contributed by atoms with Gasteiger partial charge in [0, 0.05) is 43.4 Å². The second-order valence-electron chi connectivity index (χ2n) is 6.24. The Morgan fingerprint density at radius 3 is 2.36 bits per heavy atom. The fourth-order valence-corrected chi connectivity index (χ4v) is 3.61. The molecule has 0 N–H and O–H groups in total. The zero-order valence-electron chi connectivity index (χ0n) is 14.0. The molecule has 5 nitrogen and oxygen atoms in total. The Bertz CT molecular complexity index is 946. The van der Waals surface area contributed by atoms with Crippen LogP contribution in [0.3, 0.4) is 0 Å². The third-order valence-corrected chi connectivity index (χ3v) is 5.27. The van der Waals surface area contributed by atoms with Crippen molar-refractivity contribution in [2.24, 2.45) is 7.05 Å². The number of rotatable bonds is 2. The van der Waals surface area contributed by atoms with Gasteiger partial charge in [0.25, 0.3) is 0 Å². The predicted molar refractivity (Wildman–Crippen MR) is 104 cm³/mol. The summed E-state index contributed by atoms with van der Waals surface area (Å²) < 4.78 is 3.19. The van der Waals surface area contributed by atoms with Crippen LogP contribution in [-0.4, -0.2) is 35.7 Å². The van der Waals surface area contributed by atoms with E-state index >= 15 is 0 Å². The number of aromatic nitrogens is 2. The van der Waals surface area contributed by atoms with Crippen molar-refractivity contribution >= 4 is 38.6 Å². The SMILES string of the molecule is Cn1c(N2CCN(c3ccc(Br)cc3)CC2)nc2ccc(C#N)cc21. The van der Waals surface area contributed by atoms with Gasteiger partial charge in [0.2, 0.25) is 5.95 Å². The lowest BCUT2D eigenvalue weighted by atomic mass is 10.2. The number of hydrogen-bond acceptors (Lipinski definition) is 4. The molecule has 0 saturated carbocycles. The van der Waals surface area contributed by atoms with Crippen LogP contribution in [0, 0.1) is 11.3 Å². The van der Waals surface area contributed by atoms with Crippen LogP contribution in [0.2, 0.25) is 0 Å². The Balaban J connectivity index is 1.54. The van der Waals surface area contributed by atoms with E-state index in [4.69, 9.17) is 10.2 Å². The molecule has 126 valence electrons. The summed E-state index contributed by atoms with van der Waals surface area (Å²) >= 11 is 3.49. The van der Waals surface area contributed by atoms with Gasteiger partial charge in [0.05, 0.1) is 22.7 Å². The third kappa shape index (κ3) is 2.96. The Hall–Kier alpha value is -2.52. The van der Waals surface area contributed by atoms with Gasteiger partial charge in [-0.1, -0.05) is 15.9 Å². The van der Waals surface area contributed by atoms with Gasteiger partial charge in [0.1, 0.15) is 0 Å². The summed E-state index contributed by atoms with van der Waals surface area (Å²) in [6.07, 6.45) is 0. The molecule has 3 aromatic rings. The summed E-state index contributed by atoms with van der Waals surface area (Å²) in [4.78, 5) is 9.50. The molecule has 0 spiro atoms. The van der Waals surface area contributed by atoms with Crippen molar-refractivity contribution in [1.82, 2.24) is 9.55 Å². The monoisotopic (exact) mass is 395 g/mol. The number of nitrogens with zero attached hydrogens (tertiary/aromatic N) is 5. The Morgan fingerprint density at radius 1 is 1.00 bits per heavy atom. The Morgan fingerprint density at radius 2 is 1.68 bits per heavy atom. The first-order valence-corrected chi connectivity index (χ1v) is 9.07. The van der Waals surface area contributed by atoms with E-state index in [9.17, 15) is 0 Å². The van der Waals surface area contributed by atoms with Crippen LogP contribution >= 0.6 is 15.9 Å². The van der Waals surface area contributed by atoms with Gasteiger partial charge < -0.3 is 14.4 Å². The maximum absolute atomic E-state index is 9.10. The van der Waals surface area contributed by atoms with E-state index in [1.165, 1.54) is 5.69 Å². The van der Waals surface area contributed by atoms with E-state index in [0.29, 0.717) is 5.56 Å². The van der Waals surface area contributed by atoms with E-state index < -0.39 is 0 Å². The number of hydrogen-bond donors (Lipinski definition) is 0. The highest BCUT2D eigenvalue weighted by Gasteiger charge is 2.21. The van der Waals surface area contributed by atoms with Crippen molar-refractivity contribution in [3.8, 4) is 6.07 Å². The van der Waals surface area contributed by atoms with Crippen LogP contribution < -0.4 is 9.80 Å². The quantitative estimate of drug-likeness (QED) is 0.665. The number of fused-ring (bicyclic) bond motifs is 1. The number of aryl methyl sites for hydroxylation is 1. The van der Waals surface area contributed by atoms with E-state index in [2.05, 4.69) is 60.6 Å². The zero-order chi connectivity index (χ0) is 17.4. The molecule has 0 unspecified atom stereocenters. The standard InChI is InChI=1S/C19H18BrN5/c1-23-18-12-14(13-21)2-7-17(18)22-19(23)25-10-8-24(9-11-25)16-5-3-15(20)4-6-16/h2-7,12H,8-11H2,1H3. The molecule has 1 aliphatic rings.